The Morgan fingerprint density at radius 1 is 1.03 bits per heavy atom. The normalized spacial score (nSPS) is 26.0. The van der Waals surface area contributed by atoms with Gasteiger partial charge in [0.25, 0.3) is 0 Å². The topological polar surface area (TPSA) is 46.1 Å². The minimum Gasteiger partial charge on any atom is -0.369 e. The number of hydrogen-bond acceptors (Lipinski definition) is 4. The summed E-state index contributed by atoms with van der Waals surface area (Å²) in [5.74, 6) is 0.963. The molecule has 4 rings (SSSR count). The van der Waals surface area contributed by atoms with Crippen molar-refractivity contribution < 1.29 is 0 Å². The molecule has 3 fully saturated rings. The average molecular weight is 413 g/mol. The Hall–Kier alpha value is -1.79. The molecule has 3 aliphatic heterocycles. The maximum Gasteiger partial charge on any atom is 0.191 e. The molecule has 0 spiro atoms. The van der Waals surface area contributed by atoms with Gasteiger partial charge in [-0.15, -0.1) is 0 Å². The zero-order valence-electron chi connectivity index (χ0n) is 18.9. The van der Waals surface area contributed by atoms with E-state index in [-0.39, 0.29) is 5.54 Å². The van der Waals surface area contributed by atoms with Gasteiger partial charge in [-0.1, -0.05) is 24.6 Å². The van der Waals surface area contributed by atoms with Gasteiger partial charge in [-0.2, -0.15) is 0 Å². The minimum absolute atomic E-state index is 0.274. The Balaban J connectivity index is 1.33. The molecule has 1 atom stereocenters. The molecule has 0 amide bonds. The van der Waals surface area contributed by atoms with Gasteiger partial charge in [0.05, 0.1) is 0 Å². The molecule has 3 heterocycles. The van der Waals surface area contributed by atoms with Crippen LogP contribution < -0.4 is 15.5 Å². The number of nitrogens with zero attached hydrogens (tertiary/aromatic N) is 4. The van der Waals surface area contributed by atoms with Crippen LogP contribution in [0.15, 0.2) is 35.3 Å². The van der Waals surface area contributed by atoms with Gasteiger partial charge >= 0.3 is 0 Å². The lowest BCUT2D eigenvalue weighted by Gasteiger charge is -2.50. The summed E-state index contributed by atoms with van der Waals surface area (Å²) in [6.07, 6.45) is 7.74. The van der Waals surface area contributed by atoms with Crippen LogP contribution in [0.25, 0.3) is 0 Å². The van der Waals surface area contributed by atoms with Crippen LogP contribution in [0.1, 0.15) is 38.5 Å². The lowest BCUT2D eigenvalue weighted by Crippen LogP contribution is -2.62. The van der Waals surface area contributed by atoms with E-state index < -0.39 is 0 Å². The third-order valence-corrected chi connectivity index (χ3v) is 7.40. The van der Waals surface area contributed by atoms with Crippen molar-refractivity contribution in [3.8, 4) is 0 Å². The number of piperidine rings is 2. The van der Waals surface area contributed by atoms with Crippen molar-refractivity contribution in [3.05, 3.63) is 30.3 Å². The molecular weight excluding hydrogens is 372 g/mol. The molecular formula is C24H40N6. The third kappa shape index (κ3) is 5.09. The van der Waals surface area contributed by atoms with Gasteiger partial charge in [0.1, 0.15) is 0 Å². The van der Waals surface area contributed by atoms with Crippen LogP contribution >= 0.6 is 0 Å². The van der Waals surface area contributed by atoms with Crippen molar-refractivity contribution >= 4 is 11.6 Å². The molecule has 6 heteroatoms. The van der Waals surface area contributed by atoms with Crippen LogP contribution in [0.4, 0.5) is 5.69 Å². The van der Waals surface area contributed by atoms with E-state index in [2.05, 4.69) is 67.7 Å². The predicted octanol–water partition coefficient (Wildman–Crippen LogP) is 2.38. The van der Waals surface area contributed by atoms with Gasteiger partial charge in [-0.05, 0) is 77.5 Å². The van der Waals surface area contributed by atoms with E-state index in [0.29, 0.717) is 6.04 Å². The van der Waals surface area contributed by atoms with Gasteiger partial charge in [0, 0.05) is 44.0 Å². The quantitative estimate of drug-likeness (QED) is 0.574. The van der Waals surface area contributed by atoms with Gasteiger partial charge in [0.2, 0.25) is 0 Å². The number of hydrogen-bond donors (Lipinski definition) is 2. The molecule has 1 aromatic rings. The van der Waals surface area contributed by atoms with Gasteiger partial charge in [0.15, 0.2) is 5.96 Å². The van der Waals surface area contributed by atoms with E-state index in [9.17, 15) is 0 Å². The van der Waals surface area contributed by atoms with Gasteiger partial charge < -0.3 is 20.4 Å². The summed E-state index contributed by atoms with van der Waals surface area (Å²) >= 11 is 0. The first kappa shape index (κ1) is 21.4. The highest BCUT2D eigenvalue weighted by Gasteiger charge is 2.39. The maximum absolute atomic E-state index is 4.57. The standard InChI is InChI=1S/C24H40N6/c1-25-23(27-21-11-16-29(19-21)22-9-5-3-6-10-22)26-20-24(12-17-28(2)18-13-24)30-14-7-4-8-15-30/h3,5-6,9-10,21H,4,7-8,11-20H2,1-2H3,(H2,25,26,27). The van der Waals surface area contributed by atoms with E-state index in [1.165, 1.54) is 64.0 Å². The first-order valence-corrected chi connectivity index (χ1v) is 11.9. The van der Waals surface area contributed by atoms with Crippen molar-refractivity contribution in [1.82, 2.24) is 20.4 Å². The summed E-state index contributed by atoms with van der Waals surface area (Å²) in [6.45, 7) is 8.03. The molecule has 0 aliphatic carbocycles. The summed E-state index contributed by atoms with van der Waals surface area (Å²) in [5, 5.41) is 7.44. The summed E-state index contributed by atoms with van der Waals surface area (Å²) in [6, 6.07) is 11.2. The van der Waals surface area contributed by atoms with Crippen molar-refractivity contribution in [1.29, 1.82) is 0 Å². The van der Waals surface area contributed by atoms with Crippen LogP contribution in [0, 0.1) is 0 Å². The second kappa shape index (κ2) is 10.0. The highest BCUT2D eigenvalue weighted by Crippen LogP contribution is 2.31. The Kier molecular flexibility index (Phi) is 7.16. The van der Waals surface area contributed by atoms with E-state index in [0.717, 1.165) is 32.0 Å². The fourth-order valence-electron chi connectivity index (χ4n) is 5.40. The zero-order chi connectivity index (χ0) is 20.8. The fraction of sp³-hybridized carbons (Fsp3) is 0.708. The molecule has 3 aliphatic rings. The fourth-order valence-corrected chi connectivity index (χ4v) is 5.40. The Labute approximate surface area is 182 Å². The second-order valence-corrected chi connectivity index (χ2v) is 9.41. The van der Waals surface area contributed by atoms with E-state index >= 15 is 0 Å². The third-order valence-electron chi connectivity index (χ3n) is 7.40. The molecule has 1 aromatic carbocycles. The number of para-hydroxylation sites is 1. The van der Waals surface area contributed by atoms with Crippen molar-refractivity contribution in [3.63, 3.8) is 0 Å². The van der Waals surface area contributed by atoms with Crippen LogP contribution in [0.3, 0.4) is 0 Å². The second-order valence-electron chi connectivity index (χ2n) is 9.41. The Morgan fingerprint density at radius 3 is 2.47 bits per heavy atom. The largest absolute Gasteiger partial charge is 0.369 e. The first-order valence-electron chi connectivity index (χ1n) is 11.9. The van der Waals surface area contributed by atoms with E-state index in [4.69, 9.17) is 0 Å². The van der Waals surface area contributed by atoms with Crippen LogP contribution in [-0.4, -0.2) is 87.2 Å². The minimum atomic E-state index is 0.274. The molecule has 2 N–H and O–H groups in total. The Bertz CT molecular complexity index is 676. The highest BCUT2D eigenvalue weighted by atomic mass is 15.3. The lowest BCUT2D eigenvalue weighted by atomic mass is 9.84. The summed E-state index contributed by atoms with van der Waals surface area (Å²) in [5.41, 5.74) is 1.59. The number of nitrogens with one attached hydrogen (secondary N) is 2. The molecule has 3 saturated heterocycles. The number of guanidine groups is 1. The molecule has 0 aromatic heterocycles. The van der Waals surface area contributed by atoms with Gasteiger partial charge in [-0.25, -0.2) is 0 Å². The molecule has 1 unspecified atom stereocenters. The van der Waals surface area contributed by atoms with E-state index in [1.54, 1.807) is 0 Å². The van der Waals surface area contributed by atoms with Crippen LogP contribution in [0.2, 0.25) is 0 Å². The van der Waals surface area contributed by atoms with Gasteiger partial charge in [-0.3, -0.25) is 9.89 Å². The Morgan fingerprint density at radius 2 is 1.77 bits per heavy atom. The first-order chi connectivity index (χ1) is 14.7. The smallest absolute Gasteiger partial charge is 0.191 e. The predicted molar refractivity (Wildman–Crippen MR) is 126 cm³/mol. The number of aliphatic imine (C=N–C) groups is 1. The summed E-state index contributed by atoms with van der Waals surface area (Å²) in [4.78, 5) is 12.3. The number of likely N-dealkylation sites (tertiary alicyclic amines) is 2. The molecule has 0 bridgehead atoms. The molecule has 30 heavy (non-hydrogen) atoms. The van der Waals surface area contributed by atoms with Crippen LogP contribution in [0.5, 0.6) is 0 Å². The average Bonchev–Trinajstić information content (AvgIpc) is 3.28. The molecule has 0 radical (unpaired) electrons. The lowest BCUT2D eigenvalue weighted by molar-refractivity contribution is 0.0173. The van der Waals surface area contributed by atoms with E-state index in [1.807, 2.05) is 7.05 Å². The summed E-state index contributed by atoms with van der Waals surface area (Å²) in [7, 11) is 4.16. The van der Waals surface area contributed by atoms with Crippen molar-refractivity contribution in [2.45, 2.75) is 50.1 Å². The van der Waals surface area contributed by atoms with Crippen molar-refractivity contribution in [2.75, 3.05) is 64.8 Å². The van der Waals surface area contributed by atoms with Crippen molar-refractivity contribution in [2.24, 2.45) is 4.99 Å². The maximum atomic E-state index is 4.57. The molecule has 6 nitrogen and oxygen atoms in total. The number of rotatable bonds is 5. The summed E-state index contributed by atoms with van der Waals surface area (Å²) < 4.78 is 0. The van der Waals surface area contributed by atoms with Crippen LogP contribution in [-0.2, 0) is 0 Å². The number of anilines is 1. The highest BCUT2D eigenvalue weighted by molar-refractivity contribution is 5.80. The number of benzene rings is 1. The monoisotopic (exact) mass is 412 g/mol. The zero-order valence-corrected chi connectivity index (χ0v) is 18.9. The SMILES string of the molecule is CN=C(NCC1(N2CCCCC2)CCN(C)CC1)NC1CCN(c2ccccc2)C1. The molecule has 166 valence electrons. The molecule has 0 saturated carbocycles.